The van der Waals surface area contributed by atoms with Crippen LogP contribution in [0.1, 0.15) is 16.7 Å². The molecule has 8 aromatic rings. The molecule has 0 aliphatic heterocycles. The highest BCUT2D eigenvalue weighted by atomic mass is 15.2. The summed E-state index contributed by atoms with van der Waals surface area (Å²) < 4.78 is 2.20. The molecule has 0 fully saturated rings. The molecule has 0 N–H and O–H groups in total. The van der Waals surface area contributed by atoms with Gasteiger partial charge in [0.05, 0.1) is 5.69 Å². The monoisotopic (exact) mass is 647 g/mol. The van der Waals surface area contributed by atoms with Gasteiger partial charge in [-0.2, -0.15) is 0 Å². The van der Waals surface area contributed by atoms with E-state index in [1.807, 2.05) is 18.3 Å². The van der Waals surface area contributed by atoms with E-state index >= 15 is 0 Å². The summed E-state index contributed by atoms with van der Waals surface area (Å²) in [5.41, 5.74) is 13.5. The van der Waals surface area contributed by atoms with E-state index in [4.69, 9.17) is 9.97 Å². The maximum Gasteiger partial charge on any atom is 0.164 e. The van der Waals surface area contributed by atoms with Gasteiger partial charge < -0.3 is 9.80 Å². The highest BCUT2D eigenvalue weighted by Gasteiger charge is 2.23. The van der Waals surface area contributed by atoms with Crippen molar-refractivity contribution in [3.63, 3.8) is 0 Å². The molecule has 50 heavy (non-hydrogen) atoms. The van der Waals surface area contributed by atoms with Gasteiger partial charge in [-0.05, 0) is 122 Å². The highest BCUT2D eigenvalue weighted by Crippen LogP contribution is 2.44. The van der Waals surface area contributed by atoms with Gasteiger partial charge >= 0.3 is 0 Å². The molecule has 242 valence electrons. The normalized spacial score (nSPS) is 11.1. The van der Waals surface area contributed by atoms with Crippen LogP contribution in [0.25, 0.3) is 28.2 Å². The van der Waals surface area contributed by atoms with Crippen LogP contribution in [0.5, 0.6) is 0 Å². The Morgan fingerprint density at radius 1 is 0.460 bits per heavy atom. The van der Waals surface area contributed by atoms with Crippen molar-refractivity contribution in [2.24, 2.45) is 0 Å². The standard InChI is InChI=1S/C45H37N5/c1-32-15-12-22-38(27-32)48(36-18-6-4-7-19-36)40-29-35(44-47-42-24-14-26-46-45(42)50(44)43-25-11-10-17-34(43)3)30-41(31-40)49(37-20-8-5-9-21-37)39-23-13-16-33(2)28-39/h4-31H,1-3H3. The molecular formula is C45H37N5. The Morgan fingerprint density at radius 2 is 1.00 bits per heavy atom. The summed E-state index contributed by atoms with van der Waals surface area (Å²) in [5, 5.41) is 0. The highest BCUT2D eigenvalue weighted by molar-refractivity contribution is 5.89. The van der Waals surface area contributed by atoms with E-state index in [2.05, 4.69) is 187 Å². The summed E-state index contributed by atoms with van der Waals surface area (Å²) in [6.07, 6.45) is 1.84. The first-order valence-electron chi connectivity index (χ1n) is 16.9. The zero-order valence-corrected chi connectivity index (χ0v) is 28.4. The van der Waals surface area contributed by atoms with E-state index in [0.717, 1.165) is 67.9 Å². The maximum absolute atomic E-state index is 5.28. The molecule has 0 amide bonds. The molecular weight excluding hydrogens is 611 g/mol. The fourth-order valence-corrected chi connectivity index (χ4v) is 6.71. The number of anilines is 6. The molecule has 0 spiro atoms. The van der Waals surface area contributed by atoms with E-state index in [1.54, 1.807) is 0 Å². The van der Waals surface area contributed by atoms with Crippen LogP contribution in [0.2, 0.25) is 0 Å². The van der Waals surface area contributed by atoms with Crippen LogP contribution in [0.4, 0.5) is 34.1 Å². The van der Waals surface area contributed by atoms with Crippen molar-refractivity contribution in [3.8, 4) is 17.1 Å². The molecule has 0 radical (unpaired) electrons. The van der Waals surface area contributed by atoms with Crippen molar-refractivity contribution in [1.82, 2.24) is 14.5 Å². The number of aryl methyl sites for hydroxylation is 3. The van der Waals surface area contributed by atoms with Crippen LogP contribution in [-0.4, -0.2) is 14.5 Å². The number of benzene rings is 6. The summed E-state index contributed by atoms with van der Waals surface area (Å²) >= 11 is 0. The zero-order valence-electron chi connectivity index (χ0n) is 28.4. The van der Waals surface area contributed by atoms with Gasteiger partial charge in [0.1, 0.15) is 11.3 Å². The van der Waals surface area contributed by atoms with Crippen molar-refractivity contribution in [2.75, 3.05) is 9.80 Å². The molecule has 0 saturated carbocycles. The number of imidazole rings is 1. The molecule has 0 unspecified atom stereocenters. The minimum Gasteiger partial charge on any atom is -0.310 e. The number of hydrogen-bond donors (Lipinski definition) is 0. The number of fused-ring (bicyclic) bond motifs is 1. The van der Waals surface area contributed by atoms with Gasteiger partial charge in [0, 0.05) is 45.9 Å². The van der Waals surface area contributed by atoms with Crippen molar-refractivity contribution < 1.29 is 0 Å². The number of nitrogens with zero attached hydrogens (tertiary/aromatic N) is 5. The quantitative estimate of drug-likeness (QED) is 0.164. The maximum atomic E-state index is 5.28. The van der Waals surface area contributed by atoms with Crippen molar-refractivity contribution in [1.29, 1.82) is 0 Å². The van der Waals surface area contributed by atoms with E-state index in [0.29, 0.717) is 0 Å². The molecule has 5 nitrogen and oxygen atoms in total. The predicted molar refractivity (Wildman–Crippen MR) is 208 cm³/mol. The van der Waals surface area contributed by atoms with E-state index in [-0.39, 0.29) is 0 Å². The molecule has 0 bridgehead atoms. The van der Waals surface area contributed by atoms with Gasteiger partial charge in [-0.15, -0.1) is 0 Å². The number of para-hydroxylation sites is 3. The molecule has 0 aliphatic carbocycles. The lowest BCUT2D eigenvalue weighted by molar-refractivity contribution is 1.06. The molecule has 0 saturated heterocycles. The van der Waals surface area contributed by atoms with Crippen LogP contribution in [-0.2, 0) is 0 Å². The first-order chi connectivity index (χ1) is 24.5. The molecule has 0 aliphatic rings. The summed E-state index contributed by atoms with van der Waals surface area (Å²) in [5.74, 6) is 0.825. The van der Waals surface area contributed by atoms with Gasteiger partial charge in [0.25, 0.3) is 0 Å². The lowest BCUT2D eigenvalue weighted by atomic mass is 10.1. The third-order valence-electron chi connectivity index (χ3n) is 9.00. The van der Waals surface area contributed by atoms with E-state index in [9.17, 15) is 0 Å². The SMILES string of the molecule is Cc1cccc(N(c2ccccc2)c2cc(-c3nc4cccnc4n3-c3ccccc3C)cc(N(c3ccccc3)c3cccc(C)c3)c2)c1. The summed E-state index contributed by atoms with van der Waals surface area (Å²) in [7, 11) is 0. The van der Waals surface area contributed by atoms with E-state index < -0.39 is 0 Å². The molecule has 5 heteroatoms. The summed E-state index contributed by atoms with van der Waals surface area (Å²) in [6, 6.07) is 57.7. The molecule has 8 rings (SSSR count). The fraction of sp³-hybridized carbons (Fsp3) is 0.0667. The Balaban J connectivity index is 1.46. The van der Waals surface area contributed by atoms with Crippen molar-refractivity contribution >= 4 is 45.3 Å². The Morgan fingerprint density at radius 3 is 1.56 bits per heavy atom. The molecule has 6 aromatic carbocycles. The van der Waals surface area contributed by atoms with Crippen molar-refractivity contribution in [3.05, 3.63) is 187 Å². The van der Waals surface area contributed by atoms with Gasteiger partial charge in [-0.25, -0.2) is 9.97 Å². The van der Waals surface area contributed by atoms with Crippen molar-refractivity contribution in [2.45, 2.75) is 20.8 Å². The van der Waals surface area contributed by atoms with Crippen LogP contribution in [0.3, 0.4) is 0 Å². The average Bonchev–Trinajstić information content (AvgIpc) is 3.53. The van der Waals surface area contributed by atoms with Crippen LogP contribution < -0.4 is 9.80 Å². The molecule has 2 aromatic heterocycles. The molecule has 0 atom stereocenters. The Hall–Kier alpha value is -6.46. The Labute approximate surface area is 293 Å². The third kappa shape index (κ3) is 5.90. The van der Waals surface area contributed by atoms with E-state index in [1.165, 1.54) is 11.1 Å². The largest absolute Gasteiger partial charge is 0.310 e. The summed E-state index contributed by atoms with van der Waals surface area (Å²) in [6.45, 7) is 6.42. The smallest absolute Gasteiger partial charge is 0.164 e. The topological polar surface area (TPSA) is 37.2 Å². The zero-order chi connectivity index (χ0) is 34.0. The third-order valence-corrected chi connectivity index (χ3v) is 9.00. The van der Waals surface area contributed by atoms with Gasteiger partial charge in [-0.3, -0.25) is 4.57 Å². The lowest BCUT2D eigenvalue weighted by Crippen LogP contribution is -2.14. The summed E-state index contributed by atoms with van der Waals surface area (Å²) in [4.78, 5) is 14.8. The lowest BCUT2D eigenvalue weighted by Gasteiger charge is -2.30. The minimum absolute atomic E-state index is 0.820. The fourth-order valence-electron chi connectivity index (χ4n) is 6.71. The number of pyridine rings is 1. The second kappa shape index (κ2) is 13.2. The average molecular weight is 648 g/mol. The van der Waals surface area contributed by atoms with Gasteiger partial charge in [0.2, 0.25) is 0 Å². The van der Waals surface area contributed by atoms with Crippen LogP contribution >= 0.6 is 0 Å². The Kier molecular flexibility index (Phi) is 8.15. The second-order valence-electron chi connectivity index (χ2n) is 12.7. The van der Waals surface area contributed by atoms with Gasteiger partial charge in [-0.1, -0.05) is 78.9 Å². The first kappa shape index (κ1) is 30.8. The number of hydrogen-bond acceptors (Lipinski definition) is 4. The Bertz CT molecular complexity index is 2320. The minimum atomic E-state index is 0.820. The van der Waals surface area contributed by atoms with Gasteiger partial charge in [0.15, 0.2) is 5.65 Å². The predicted octanol–water partition coefficient (Wildman–Crippen LogP) is 12.0. The second-order valence-corrected chi connectivity index (χ2v) is 12.7. The van der Waals surface area contributed by atoms with Crippen LogP contribution in [0.15, 0.2) is 170 Å². The van der Waals surface area contributed by atoms with Crippen LogP contribution in [0, 0.1) is 20.8 Å². The number of rotatable bonds is 8. The number of aromatic nitrogens is 3. The molecule has 2 heterocycles. The first-order valence-corrected chi connectivity index (χ1v) is 16.9.